The van der Waals surface area contributed by atoms with Crippen LogP contribution in [0.25, 0.3) is 0 Å². The van der Waals surface area contributed by atoms with Crippen molar-refractivity contribution in [2.24, 2.45) is 0 Å². The molecule has 0 atom stereocenters. The largest absolute Gasteiger partial charge is 0.490 e. The molecule has 0 saturated heterocycles. The zero-order valence-corrected chi connectivity index (χ0v) is 15.9. The smallest absolute Gasteiger partial charge is 0.166 e. The van der Waals surface area contributed by atoms with Crippen molar-refractivity contribution in [3.8, 4) is 11.5 Å². The van der Waals surface area contributed by atoms with Crippen molar-refractivity contribution in [1.29, 1.82) is 0 Å². The third-order valence-electron chi connectivity index (χ3n) is 3.74. The van der Waals surface area contributed by atoms with E-state index in [9.17, 15) is 5.11 Å². The summed E-state index contributed by atoms with van der Waals surface area (Å²) >= 11 is 0. The Morgan fingerprint density at radius 1 is 1.00 bits per heavy atom. The Morgan fingerprint density at radius 2 is 1.72 bits per heavy atom. The average Bonchev–Trinajstić information content (AvgIpc) is 2.60. The highest BCUT2D eigenvalue weighted by atomic mass is 35.5. The molecule has 0 spiro atoms. The van der Waals surface area contributed by atoms with Gasteiger partial charge < -0.3 is 19.9 Å². The Morgan fingerprint density at radius 3 is 2.36 bits per heavy atom. The van der Waals surface area contributed by atoms with Crippen molar-refractivity contribution in [3.63, 3.8) is 0 Å². The molecule has 2 aromatic rings. The van der Waals surface area contributed by atoms with Crippen LogP contribution in [0.15, 0.2) is 48.5 Å². The first-order chi connectivity index (χ1) is 11.6. The molecule has 5 heteroatoms. The van der Waals surface area contributed by atoms with E-state index in [1.165, 1.54) is 0 Å². The van der Waals surface area contributed by atoms with Crippen LogP contribution in [0.5, 0.6) is 11.5 Å². The summed E-state index contributed by atoms with van der Waals surface area (Å²) < 4.78 is 11.8. The molecular formula is C20H28ClNO3. The summed E-state index contributed by atoms with van der Waals surface area (Å²) in [6.07, 6.45) is 0. The standard InChI is InChI=1S/C20H27NO3.ClH/c1-4-23-18-12-8-11-17(13-21-20(2,3)15-22)19(18)24-14-16-9-6-5-7-10-16;/h5-12,21-22H,4,13-15H2,1-3H3;1H. The van der Waals surface area contributed by atoms with E-state index in [-0.39, 0.29) is 24.6 Å². The Hall–Kier alpha value is -1.75. The molecular weight excluding hydrogens is 338 g/mol. The normalized spacial score (nSPS) is 10.9. The third kappa shape index (κ3) is 6.58. The first kappa shape index (κ1) is 21.3. The molecule has 2 N–H and O–H groups in total. The number of halogens is 1. The molecule has 0 heterocycles. The second kappa shape index (κ2) is 10.3. The number of aliphatic hydroxyl groups excluding tert-OH is 1. The molecule has 2 aromatic carbocycles. The van der Waals surface area contributed by atoms with E-state index in [0.717, 1.165) is 22.6 Å². The zero-order valence-electron chi connectivity index (χ0n) is 15.1. The second-order valence-electron chi connectivity index (χ2n) is 6.35. The molecule has 4 nitrogen and oxygen atoms in total. The Labute approximate surface area is 156 Å². The highest BCUT2D eigenvalue weighted by molar-refractivity contribution is 5.85. The number of benzene rings is 2. The molecule has 0 aromatic heterocycles. The van der Waals surface area contributed by atoms with Gasteiger partial charge in [0.25, 0.3) is 0 Å². The fourth-order valence-electron chi connectivity index (χ4n) is 2.25. The van der Waals surface area contributed by atoms with Crippen molar-refractivity contribution in [3.05, 3.63) is 59.7 Å². The molecule has 0 amide bonds. The lowest BCUT2D eigenvalue weighted by atomic mass is 10.1. The number of ether oxygens (including phenoxy) is 2. The van der Waals surface area contributed by atoms with Gasteiger partial charge in [0.05, 0.1) is 13.2 Å². The van der Waals surface area contributed by atoms with Crippen molar-refractivity contribution < 1.29 is 14.6 Å². The number of nitrogens with one attached hydrogen (secondary N) is 1. The van der Waals surface area contributed by atoms with E-state index in [0.29, 0.717) is 19.8 Å². The van der Waals surface area contributed by atoms with Crippen molar-refractivity contribution in [2.45, 2.75) is 39.5 Å². The molecule has 0 saturated carbocycles. The number of hydrogen-bond acceptors (Lipinski definition) is 4. The van der Waals surface area contributed by atoms with Crippen molar-refractivity contribution in [2.75, 3.05) is 13.2 Å². The summed E-state index contributed by atoms with van der Waals surface area (Å²) in [4.78, 5) is 0. The summed E-state index contributed by atoms with van der Waals surface area (Å²) in [6.45, 7) is 7.62. The van der Waals surface area contributed by atoms with Gasteiger partial charge in [-0.3, -0.25) is 0 Å². The minimum Gasteiger partial charge on any atom is -0.490 e. The lowest BCUT2D eigenvalue weighted by Gasteiger charge is -2.25. The second-order valence-corrected chi connectivity index (χ2v) is 6.35. The van der Waals surface area contributed by atoms with Gasteiger partial charge in [0.1, 0.15) is 6.61 Å². The van der Waals surface area contributed by atoms with Crippen LogP contribution in [0.3, 0.4) is 0 Å². The quantitative estimate of drug-likeness (QED) is 0.706. The first-order valence-electron chi connectivity index (χ1n) is 8.33. The van der Waals surface area contributed by atoms with Crippen LogP contribution in [0, 0.1) is 0 Å². The molecule has 0 radical (unpaired) electrons. The van der Waals surface area contributed by atoms with Gasteiger partial charge >= 0.3 is 0 Å². The lowest BCUT2D eigenvalue weighted by Crippen LogP contribution is -2.42. The maximum atomic E-state index is 9.41. The number of para-hydroxylation sites is 1. The van der Waals surface area contributed by atoms with Crippen LogP contribution in [-0.4, -0.2) is 23.9 Å². The Kier molecular flexibility index (Phi) is 8.76. The summed E-state index contributed by atoms with van der Waals surface area (Å²) in [5.41, 5.74) is 1.77. The van der Waals surface area contributed by atoms with Gasteiger partial charge in [-0.25, -0.2) is 0 Å². The molecule has 0 fully saturated rings. The van der Waals surface area contributed by atoms with Gasteiger partial charge in [-0.2, -0.15) is 0 Å². The van der Waals surface area contributed by atoms with Crippen molar-refractivity contribution >= 4 is 12.4 Å². The third-order valence-corrected chi connectivity index (χ3v) is 3.74. The summed E-state index contributed by atoms with van der Waals surface area (Å²) in [7, 11) is 0. The molecule has 0 aliphatic carbocycles. The maximum Gasteiger partial charge on any atom is 0.166 e. The Balaban J connectivity index is 0.00000312. The van der Waals surface area contributed by atoms with Gasteiger partial charge in [-0.1, -0.05) is 42.5 Å². The molecule has 0 unspecified atom stereocenters. The molecule has 0 aliphatic rings. The van der Waals surface area contributed by atoms with Crippen LogP contribution in [0.1, 0.15) is 31.9 Å². The molecule has 0 bridgehead atoms. The monoisotopic (exact) mass is 365 g/mol. The molecule has 0 aliphatic heterocycles. The topological polar surface area (TPSA) is 50.7 Å². The first-order valence-corrected chi connectivity index (χ1v) is 8.33. The van der Waals surface area contributed by atoms with Gasteiger partial charge in [0.15, 0.2) is 11.5 Å². The van der Waals surface area contributed by atoms with Gasteiger partial charge in [-0.15, -0.1) is 12.4 Å². The number of aliphatic hydroxyl groups is 1. The van der Waals surface area contributed by atoms with Crippen LogP contribution in [0.2, 0.25) is 0 Å². The van der Waals surface area contributed by atoms with Crippen LogP contribution in [-0.2, 0) is 13.2 Å². The number of hydrogen-bond donors (Lipinski definition) is 2. The van der Waals surface area contributed by atoms with E-state index in [2.05, 4.69) is 5.32 Å². The minimum atomic E-state index is -0.349. The zero-order chi connectivity index (χ0) is 17.4. The number of rotatable bonds is 9. The van der Waals surface area contributed by atoms with Crippen LogP contribution in [0.4, 0.5) is 0 Å². The average molecular weight is 366 g/mol. The predicted octanol–water partition coefficient (Wildman–Crippen LogP) is 3.95. The van der Waals surface area contributed by atoms with Gasteiger partial charge in [0, 0.05) is 17.6 Å². The van der Waals surface area contributed by atoms with Gasteiger partial charge in [-0.05, 0) is 32.4 Å². The van der Waals surface area contributed by atoms with E-state index in [4.69, 9.17) is 9.47 Å². The van der Waals surface area contributed by atoms with E-state index >= 15 is 0 Å². The van der Waals surface area contributed by atoms with Crippen LogP contribution < -0.4 is 14.8 Å². The highest BCUT2D eigenvalue weighted by Crippen LogP contribution is 2.32. The molecule has 25 heavy (non-hydrogen) atoms. The SMILES string of the molecule is CCOc1cccc(CNC(C)(C)CO)c1OCc1ccccc1.Cl. The molecule has 2 rings (SSSR count). The summed E-state index contributed by atoms with van der Waals surface area (Å²) in [5.74, 6) is 1.50. The van der Waals surface area contributed by atoms with Crippen molar-refractivity contribution in [1.82, 2.24) is 5.32 Å². The Bertz CT molecular complexity index is 632. The maximum absolute atomic E-state index is 9.41. The predicted molar refractivity (Wildman–Crippen MR) is 104 cm³/mol. The molecule has 138 valence electrons. The minimum absolute atomic E-state index is 0. The summed E-state index contributed by atoms with van der Waals surface area (Å²) in [6, 6.07) is 16.0. The fraction of sp³-hybridized carbons (Fsp3) is 0.400. The fourth-order valence-corrected chi connectivity index (χ4v) is 2.25. The van der Waals surface area contributed by atoms with E-state index < -0.39 is 0 Å². The van der Waals surface area contributed by atoms with E-state index in [1.807, 2.05) is 69.3 Å². The highest BCUT2D eigenvalue weighted by Gasteiger charge is 2.18. The van der Waals surface area contributed by atoms with Crippen LogP contribution >= 0.6 is 12.4 Å². The summed E-state index contributed by atoms with van der Waals surface area (Å²) in [5, 5.41) is 12.8. The van der Waals surface area contributed by atoms with Gasteiger partial charge in [0.2, 0.25) is 0 Å². The lowest BCUT2D eigenvalue weighted by molar-refractivity contribution is 0.186. The van der Waals surface area contributed by atoms with E-state index in [1.54, 1.807) is 0 Å².